The Balaban J connectivity index is 1.49. The third kappa shape index (κ3) is 6.28. The van der Waals surface area contributed by atoms with Gasteiger partial charge in [-0.3, -0.25) is 9.80 Å². The van der Waals surface area contributed by atoms with Crippen molar-refractivity contribution in [1.29, 1.82) is 0 Å². The number of sulfone groups is 1. The molecular formula is C24H30F3N3O2S. The van der Waals surface area contributed by atoms with Gasteiger partial charge in [-0.25, -0.2) is 8.42 Å². The average Bonchev–Trinajstić information content (AvgIpc) is 3.19. The summed E-state index contributed by atoms with van der Waals surface area (Å²) in [6, 6.07) is 17.2. The van der Waals surface area contributed by atoms with Crippen molar-refractivity contribution in [3.05, 3.63) is 60.2 Å². The Morgan fingerprint density at radius 3 is 2.42 bits per heavy atom. The van der Waals surface area contributed by atoms with E-state index in [1.165, 1.54) is 11.2 Å². The van der Waals surface area contributed by atoms with Gasteiger partial charge in [-0.05, 0) is 42.6 Å². The molecule has 0 spiro atoms. The molecule has 2 fully saturated rings. The van der Waals surface area contributed by atoms with Crippen LogP contribution in [0.5, 0.6) is 0 Å². The van der Waals surface area contributed by atoms with Crippen molar-refractivity contribution in [2.24, 2.45) is 5.92 Å². The van der Waals surface area contributed by atoms with Crippen LogP contribution in [0.3, 0.4) is 0 Å². The van der Waals surface area contributed by atoms with E-state index in [9.17, 15) is 21.6 Å². The minimum Gasteiger partial charge on any atom is -0.368 e. The molecule has 9 heteroatoms. The maximum Gasteiger partial charge on any atom is 0.401 e. The van der Waals surface area contributed by atoms with Crippen molar-refractivity contribution >= 4 is 15.5 Å². The van der Waals surface area contributed by atoms with E-state index in [4.69, 9.17) is 0 Å². The first-order valence-corrected chi connectivity index (χ1v) is 13.1. The minimum atomic E-state index is -4.16. The zero-order valence-corrected chi connectivity index (χ0v) is 19.5. The molecule has 0 aromatic heterocycles. The quantitative estimate of drug-likeness (QED) is 0.628. The summed E-state index contributed by atoms with van der Waals surface area (Å²) in [6.07, 6.45) is -2.18. The van der Waals surface area contributed by atoms with Crippen molar-refractivity contribution in [2.75, 3.05) is 57.0 Å². The summed E-state index contributed by atoms with van der Waals surface area (Å²) in [5, 5.41) is 0. The van der Waals surface area contributed by atoms with Gasteiger partial charge in [0.15, 0.2) is 9.84 Å². The first kappa shape index (κ1) is 24.0. The van der Waals surface area contributed by atoms with Crippen LogP contribution in [0, 0.1) is 5.92 Å². The van der Waals surface area contributed by atoms with Crippen LogP contribution in [-0.2, 0) is 9.84 Å². The Bertz CT molecular complexity index is 1050. The third-order valence-corrected chi connectivity index (χ3v) is 7.66. The Kier molecular flexibility index (Phi) is 7.02. The van der Waals surface area contributed by atoms with E-state index in [0.29, 0.717) is 24.5 Å². The molecule has 5 nitrogen and oxygen atoms in total. The lowest BCUT2D eigenvalue weighted by molar-refractivity contribution is -0.143. The van der Waals surface area contributed by atoms with E-state index in [0.717, 1.165) is 37.3 Å². The minimum absolute atomic E-state index is 0.0819. The first-order valence-electron chi connectivity index (χ1n) is 11.2. The van der Waals surface area contributed by atoms with Crippen LogP contribution in [0.2, 0.25) is 0 Å². The highest BCUT2D eigenvalue weighted by atomic mass is 32.2. The molecule has 2 aromatic carbocycles. The smallest absolute Gasteiger partial charge is 0.368 e. The summed E-state index contributed by atoms with van der Waals surface area (Å²) in [5.74, 6) is 0.207. The molecule has 0 N–H and O–H groups in total. The number of likely N-dealkylation sites (tertiary alicyclic amines) is 1. The number of nitrogens with zero attached hydrogens (tertiary/aromatic N) is 3. The molecule has 2 atom stereocenters. The van der Waals surface area contributed by atoms with Gasteiger partial charge in [-0.2, -0.15) is 13.2 Å². The van der Waals surface area contributed by atoms with Crippen molar-refractivity contribution in [3.8, 4) is 0 Å². The molecule has 180 valence electrons. The lowest BCUT2D eigenvalue weighted by Gasteiger charge is -2.43. The summed E-state index contributed by atoms with van der Waals surface area (Å²) >= 11 is 0. The van der Waals surface area contributed by atoms with E-state index >= 15 is 0 Å². The monoisotopic (exact) mass is 481 g/mol. The molecule has 0 saturated carbocycles. The molecule has 2 aliphatic heterocycles. The highest BCUT2D eigenvalue weighted by molar-refractivity contribution is 7.90. The summed E-state index contributed by atoms with van der Waals surface area (Å²) in [6.45, 7) is 3.06. The number of rotatable bonds is 6. The SMILES string of the molecule is CS(=O)(=O)c1cccc(N2CCN(C[C@@H]3CCN(CC(F)(F)F)C3)[C@H](c3ccccc3)C2)c1. The van der Waals surface area contributed by atoms with Gasteiger partial charge in [0.1, 0.15) is 0 Å². The lowest BCUT2D eigenvalue weighted by Crippen LogP contribution is -2.50. The second kappa shape index (κ2) is 9.64. The van der Waals surface area contributed by atoms with Gasteiger partial charge in [0.05, 0.1) is 17.5 Å². The second-order valence-electron chi connectivity index (χ2n) is 9.14. The van der Waals surface area contributed by atoms with Crippen molar-refractivity contribution < 1.29 is 21.6 Å². The largest absolute Gasteiger partial charge is 0.401 e. The van der Waals surface area contributed by atoms with E-state index in [1.54, 1.807) is 18.2 Å². The number of anilines is 1. The summed E-state index contributed by atoms with van der Waals surface area (Å²) < 4.78 is 62.4. The van der Waals surface area contributed by atoms with Gasteiger partial charge in [0.2, 0.25) is 0 Å². The number of halogens is 3. The number of alkyl halides is 3. The molecule has 0 aliphatic carbocycles. The van der Waals surface area contributed by atoms with Crippen LogP contribution < -0.4 is 4.90 Å². The molecule has 0 unspecified atom stereocenters. The summed E-state index contributed by atoms with van der Waals surface area (Å²) in [4.78, 5) is 6.39. The number of hydrogen-bond donors (Lipinski definition) is 0. The summed E-state index contributed by atoms with van der Waals surface area (Å²) in [5.41, 5.74) is 2.03. The molecule has 33 heavy (non-hydrogen) atoms. The van der Waals surface area contributed by atoms with E-state index in [1.807, 2.05) is 24.3 Å². The Morgan fingerprint density at radius 1 is 0.970 bits per heavy atom. The van der Waals surface area contributed by atoms with Crippen LogP contribution in [0.1, 0.15) is 18.0 Å². The van der Waals surface area contributed by atoms with Gasteiger partial charge >= 0.3 is 6.18 Å². The molecule has 0 bridgehead atoms. The number of benzene rings is 2. The van der Waals surface area contributed by atoms with Crippen molar-refractivity contribution in [2.45, 2.75) is 23.5 Å². The molecule has 2 heterocycles. The fourth-order valence-corrected chi connectivity index (χ4v) is 5.63. The topological polar surface area (TPSA) is 43.9 Å². The van der Waals surface area contributed by atoms with Gasteiger partial charge in [0, 0.05) is 44.7 Å². The Morgan fingerprint density at radius 2 is 1.73 bits per heavy atom. The van der Waals surface area contributed by atoms with Crippen LogP contribution in [0.4, 0.5) is 18.9 Å². The molecular weight excluding hydrogens is 451 g/mol. The van der Waals surface area contributed by atoms with Crippen LogP contribution in [-0.4, -0.2) is 76.5 Å². The Labute approximate surface area is 193 Å². The maximum atomic E-state index is 12.8. The van der Waals surface area contributed by atoms with Crippen molar-refractivity contribution in [3.63, 3.8) is 0 Å². The first-order chi connectivity index (χ1) is 15.6. The van der Waals surface area contributed by atoms with Gasteiger partial charge < -0.3 is 4.90 Å². The second-order valence-corrected chi connectivity index (χ2v) is 11.2. The van der Waals surface area contributed by atoms with E-state index in [2.05, 4.69) is 21.9 Å². The highest BCUT2D eigenvalue weighted by Crippen LogP contribution is 2.32. The standard InChI is InChI=1S/C24H30F3N3O2S/c1-33(31,32)22-9-5-8-21(14-22)29-12-13-30(23(17-29)20-6-3-2-4-7-20)16-19-10-11-28(15-19)18-24(25,26)27/h2-9,14,19,23H,10-13,15-18H2,1H3/t19-,23+/m1/s1. The average molecular weight is 482 g/mol. The maximum absolute atomic E-state index is 12.8. The fourth-order valence-electron chi connectivity index (χ4n) is 4.97. The van der Waals surface area contributed by atoms with Gasteiger partial charge in [-0.15, -0.1) is 0 Å². The predicted molar refractivity (Wildman–Crippen MR) is 123 cm³/mol. The number of piperazine rings is 1. The van der Waals surface area contributed by atoms with E-state index < -0.39 is 22.6 Å². The van der Waals surface area contributed by atoms with Gasteiger partial charge in [0.25, 0.3) is 0 Å². The molecule has 2 saturated heterocycles. The molecule has 2 aliphatic rings. The third-order valence-electron chi connectivity index (χ3n) is 6.55. The Hall–Kier alpha value is -2.10. The molecule has 2 aromatic rings. The fraction of sp³-hybridized carbons (Fsp3) is 0.500. The molecule has 0 radical (unpaired) electrons. The highest BCUT2D eigenvalue weighted by Gasteiger charge is 2.36. The number of hydrogen-bond acceptors (Lipinski definition) is 5. The van der Waals surface area contributed by atoms with Crippen LogP contribution in [0.25, 0.3) is 0 Å². The molecule has 0 amide bonds. The normalized spacial score (nSPS) is 23.2. The predicted octanol–water partition coefficient (Wildman–Crippen LogP) is 3.84. The zero-order valence-electron chi connectivity index (χ0n) is 18.7. The van der Waals surface area contributed by atoms with Crippen LogP contribution >= 0.6 is 0 Å². The van der Waals surface area contributed by atoms with E-state index in [-0.39, 0.29) is 12.0 Å². The summed E-state index contributed by atoms with van der Waals surface area (Å²) in [7, 11) is -3.30. The van der Waals surface area contributed by atoms with Gasteiger partial charge in [-0.1, -0.05) is 36.4 Å². The van der Waals surface area contributed by atoms with Crippen LogP contribution in [0.15, 0.2) is 59.5 Å². The molecule has 4 rings (SSSR count). The lowest BCUT2D eigenvalue weighted by atomic mass is 9.99. The zero-order chi connectivity index (χ0) is 23.6. The van der Waals surface area contributed by atoms with Crippen molar-refractivity contribution in [1.82, 2.24) is 9.80 Å².